The van der Waals surface area contributed by atoms with Crippen molar-refractivity contribution in [3.05, 3.63) is 281 Å². The van der Waals surface area contributed by atoms with Crippen molar-refractivity contribution in [2.75, 3.05) is 0 Å². The summed E-state index contributed by atoms with van der Waals surface area (Å²) in [7, 11) is 2.03. The number of pyridine rings is 4. The number of nitrogens with zero attached hydrogens (tertiary/aromatic N) is 6. The van der Waals surface area contributed by atoms with Gasteiger partial charge < -0.3 is 9.13 Å². The predicted octanol–water partition coefficient (Wildman–Crippen LogP) is 10.2. The maximum absolute atomic E-state index is 5.16. The molecule has 0 fully saturated rings. The third-order valence-corrected chi connectivity index (χ3v) is 14.1. The second-order valence-electron chi connectivity index (χ2n) is 16.9. The zero-order valence-electron chi connectivity index (χ0n) is 34.4. The molecule has 3 aliphatic rings. The van der Waals surface area contributed by atoms with Gasteiger partial charge in [-0.3, -0.25) is 19.9 Å². The van der Waals surface area contributed by atoms with Crippen LogP contribution in [0, 0.1) is 6.33 Å². The van der Waals surface area contributed by atoms with Crippen LogP contribution in [0.15, 0.2) is 213 Å². The van der Waals surface area contributed by atoms with E-state index in [4.69, 9.17) is 19.9 Å². The topological polar surface area (TPSA) is 60.4 Å². The number of hydrogen-bond acceptors (Lipinski definition) is 4. The third kappa shape index (κ3) is 4.54. The summed E-state index contributed by atoms with van der Waals surface area (Å²) < 4.78 is 4.24. The first-order valence-electron chi connectivity index (χ1n) is 21.4. The van der Waals surface area contributed by atoms with Gasteiger partial charge >= 0.3 is 0 Å². The molecule has 3 unspecified atom stereocenters. The van der Waals surface area contributed by atoms with Crippen LogP contribution >= 0.6 is 0 Å². The maximum Gasteiger partial charge on any atom is 0.204 e. The highest BCUT2D eigenvalue weighted by Crippen LogP contribution is 2.60. The summed E-state index contributed by atoms with van der Waals surface area (Å²) in [6, 6.07) is 57.7. The molecule has 6 nitrogen and oxygen atoms in total. The molecule has 63 heavy (non-hydrogen) atoms. The van der Waals surface area contributed by atoms with Crippen LogP contribution in [0.3, 0.4) is 0 Å². The highest BCUT2D eigenvalue weighted by atomic mass is 15.2. The minimum atomic E-state index is -0.768. The van der Waals surface area contributed by atoms with Gasteiger partial charge in [0, 0.05) is 60.1 Å². The number of fused-ring (bicyclic) bond motifs is 9. The van der Waals surface area contributed by atoms with Gasteiger partial charge in [0.2, 0.25) is 6.33 Å². The monoisotopic (exact) mass is 806 g/mol. The van der Waals surface area contributed by atoms with Crippen molar-refractivity contribution in [1.82, 2.24) is 24.5 Å². The van der Waals surface area contributed by atoms with Gasteiger partial charge in [-0.2, -0.15) is 0 Å². The molecule has 5 heterocycles. The predicted molar refractivity (Wildman–Crippen MR) is 244 cm³/mol. The Morgan fingerprint density at radius 3 is 1.51 bits per heavy atom. The molecule has 5 aromatic carbocycles. The SMILES string of the molecule is C[n+]1[c-]n(C2(c3cccc(C4(c5cccc(C6(c7ccccn7)c7ccccc7-c7ccncc76)c5)c5ccccc5-c5ccncc54)c3)c3ccccc3-c3ccncc32)cc1. The van der Waals surface area contributed by atoms with Crippen LogP contribution < -0.4 is 4.57 Å². The number of aromatic nitrogens is 6. The standard InChI is InChI=1S/C57H38N6/c1-62-30-31-63(37-62)57(50-21-7-4-18-44(50)47-25-29-60-36-53(47)57)41-15-11-13-39(33-41)55(48-19-5-2-16-42(48)45-23-27-58-34-51(45)55)38-12-10-14-40(32-38)56(54-22-8-9-26-61-54)49-20-6-3-17-43(49)46-24-28-59-35-52(46)56/h2-36H,1H3. The van der Waals surface area contributed by atoms with Crippen molar-refractivity contribution < 1.29 is 4.57 Å². The summed E-state index contributed by atoms with van der Waals surface area (Å²) in [6.07, 6.45) is 21.7. The van der Waals surface area contributed by atoms with E-state index >= 15 is 0 Å². The molecule has 6 heteroatoms. The number of hydrogen-bond donors (Lipinski definition) is 0. The average molecular weight is 807 g/mol. The summed E-state index contributed by atoms with van der Waals surface area (Å²) in [5, 5.41) is 0. The van der Waals surface area contributed by atoms with Crippen LogP contribution in [-0.2, 0) is 23.4 Å². The smallest absolute Gasteiger partial charge is 0.204 e. The molecule has 0 N–H and O–H groups in total. The van der Waals surface area contributed by atoms with Gasteiger partial charge in [-0.15, -0.1) is 0 Å². The largest absolute Gasteiger partial charge is 0.354 e. The van der Waals surface area contributed by atoms with Crippen molar-refractivity contribution in [3.8, 4) is 33.4 Å². The van der Waals surface area contributed by atoms with E-state index in [1.165, 1.54) is 50.1 Å². The minimum Gasteiger partial charge on any atom is -0.354 e. The first kappa shape index (κ1) is 35.6. The van der Waals surface area contributed by atoms with Crippen molar-refractivity contribution in [1.29, 1.82) is 0 Å². The highest BCUT2D eigenvalue weighted by molar-refractivity contribution is 5.89. The molecule has 0 amide bonds. The fourth-order valence-corrected chi connectivity index (χ4v) is 11.7. The Labute approximate surface area is 365 Å². The second-order valence-corrected chi connectivity index (χ2v) is 16.9. The fourth-order valence-electron chi connectivity index (χ4n) is 11.7. The molecular weight excluding hydrogens is 769 g/mol. The molecule has 0 bridgehead atoms. The van der Waals surface area contributed by atoms with E-state index in [2.05, 4.69) is 181 Å². The summed E-state index contributed by atoms with van der Waals surface area (Å²) >= 11 is 0. The second kappa shape index (κ2) is 13.2. The molecular formula is C57H38N6. The van der Waals surface area contributed by atoms with Crippen LogP contribution in [0.25, 0.3) is 33.4 Å². The van der Waals surface area contributed by atoms with Gasteiger partial charge in [-0.1, -0.05) is 121 Å². The van der Waals surface area contributed by atoms with Crippen LogP contribution in [0.1, 0.15) is 61.3 Å². The first-order valence-corrected chi connectivity index (χ1v) is 21.4. The molecule has 0 saturated carbocycles. The van der Waals surface area contributed by atoms with Gasteiger partial charge in [0.1, 0.15) is 0 Å². The number of imidazole rings is 1. The Balaban J connectivity index is 1.13. The Morgan fingerprint density at radius 1 is 0.429 bits per heavy atom. The van der Waals surface area contributed by atoms with Crippen LogP contribution in [0.2, 0.25) is 0 Å². The van der Waals surface area contributed by atoms with Gasteiger partial charge in [-0.25, -0.2) is 0 Å². The lowest BCUT2D eigenvalue weighted by Gasteiger charge is -2.38. The fraction of sp³-hybridized carbons (Fsp3) is 0.0702. The Hall–Kier alpha value is -8.09. The lowest BCUT2D eigenvalue weighted by Crippen LogP contribution is -2.38. The van der Waals surface area contributed by atoms with Gasteiger partial charge in [0.15, 0.2) is 5.54 Å². The van der Waals surface area contributed by atoms with Crippen molar-refractivity contribution >= 4 is 0 Å². The van der Waals surface area contributed by atoms with Crippen LogP contribution in [0.4, 0.5) is 0 Å². The zero-order chi connectivity index (χ0) is 41.8. The molecule has 3 aliphatic carbocycles. The Bertz CT molecular complexity index is 3320. The average Bonchev–Trinajstić information content (AvgIpc) is 4.09. The van der Waals surface area contributed by atoms with Gasteiger partial charge in [-0.05, 0) is 121 Å². The van der Waals surface area contributed by atoms with Crippen molar-refractivity contribution in [2.24, 2.45) is 7.05 Å². The third-order valence-electron chi connectivity index (χ3n) is 14.1. The Morgan fingerprint density at radius 2 is 0.905 bits per heavy atom. The van der Waals surface area contributed by atoms with E-state index in [0.29, 0.717) is 0 Å². The van der Waals surface area contributed by atoms with E-state index in [1.54, 1.807) is 0 Å². The van der Waals surface area contributed by atoms with Gasteiger partial charge in [0.05, 0.1) is 23.6 Å². The van der Waals surface area contributed by atoms with Crippen molar-refractivity contribution in [2.45, 2.75) is 16.4 Å². The van der Waals surface area contributed by atoms with Gasteiger partial charge in [0.25, 0.3) is 0 Å². The summed E-state index contributed by atoms with van der Waals surface area (Å²) in [6.45, 7) is 0. The maximum atomic E-state index is 5.16. The molecule has 13 rings (SSSR count). The lowest BCUT2D eigenvalue weighted by molar-refractivity contribution is -0.675. The summed E-state index contributed by atoms with van der Waals surface area (Å²) in [5.41, 5.74) is 17.3. The molecule has 0 spiro atoms. The quantitative estimate of drug-likeness (QED) is 0.124. The summed E-state index contributed by atoms with van der Waals surface area (Å²) in [5.74, 6) is 0. The first-order chi connectivity index (χ1) is 31.2. The van der Waals surface area contributed by atoms with E-state index in [0.717, 1.165) is 44.6 Å². The molecule has 3 atom stereocenters. The van der Waals surface area contributed by atoms with E-state index in [1.807, 2.05) is 54.9 Å². The number of benzene rings is 5. The lowest BCUT2D eigenvalue weighted by atomic mass is 9.64. The van der Waals surface area contributed by atoms with E-state index in [9.17, 15) is 0 Å². The zero-order valence-corrected chi connectivity index (χ0v) is 34.4. The molecule has 0 saturated heterocycles. The van der Waals surface area contributed by atoms with E-state index < -0.39 is 16.4 Å². The number of rotatable bonds is 6. The minimum absolute atomic E-state index is 0.732. The van der Waals surface area contributed by atoms with E-state index in [-0.39, 0.29) is 0 Å². The van der Waals surface area contributed by atoms with Crippen LogP contribution in [0.5, 0.6) is 0 Å². The van der Waals surface area contributed by atoms with Crippen LogP contribution in [-0.4, -0.2) is 24.5 Å². The summed E-state index contributed by atoms with van der Waals surface area (Å²) in [4.78, 5) is 19.6. The Kier molecular flexibility index (Phi) is 7.47. The number of aryl methyl sites for hydroxylation is 1. The molecule has 0 aliphatic heterocycles. The molecule has 0 radical (unpaired) electrons. The molecule has 10 aromatic rings. The molecule has 5 aromatic heterocycles. The molecule has 296 valence electrons. The van der Waals surface area contributed by atoms with Crippen molar-refractivity contribution in [3.63, 3.8) is 0 Å². The normalized spacial score (nSPS) is 19.7. The highest BCUT2D eigenvalue weighted by Gasteiger charge is 2.53.